The standard InChI is InChI=1S/C26H24ClN5O3/c27-20-5-1-3-18(12-20)21-13-22-25(28-8-10-32(22)30-21)31-9-2-4-19(15-31)26(33)29-14-17-6-7-23-24(11-17)35-16-34-23/h1,3,5-8,10-13,19H,2,4,9,14-16H2,(H,29,33). The zero-order valence-corrected chi connectivity index (χ0v) is 19.7. The Balaban J connectivity index is 1.17. The Labute approximate surface area is 207 Å². The van der Waals surface area contributed by atoms with Gasteiger partial charge in [-0.1, -0.05) is 29.8 Å². The largest absolute Gasteiger partial charge is 0.454 e. The third kappa shape index (κ3) is 4.37. The average molecular weight is 490 g/mol. The molecule has 1 saturated heterocycles. The first kappa shape index (κ1) is 21.7. The van der Waals surface area contributed by atoms with E-state index in [1.165, 1.54) is 0 Å². The third-order valence-corrected chi connectivity index (χ3v) is 6.72. The summed E-state index contributed by atoms with van der Waals surface area (Å²) in [5.74, 6) is 2.23. The van der Waals surface area contributed by atoms with Gasteiger partial charge in [0, 0.05) is 42.6 Å². The second kappa shape index (κ2) is 9.11. The number of benzene rings is 2. The van der Waals surface area contributed by atoms with Gasteiger partial charge in [-0.3, -0.25) is 4.79 Å². The molecule has 0 radical (unpaired) electrons. The van der Waals surface area contributed by atoms with Crippen molar-refractivity contribution >= 4 is 28.8 Å². The third-order valence-electron chi connectivity index (χ3n) is 6.49. The van der Waals surface area contributed by atoms with Gasteiger partial charge in [0.25, 0.3) is 0 Å². The molecular weight excluding hydrogens is 466 g/mol. The van der Waals surface area contributed by atoms with E-state index in [0.717, 1.165) is 59.0 Å². The maximum absolute atomic E-state index is 13.0. The van der Waals surface area contributed by atoms with E-state index < -0.39 is 0 Å². The van der Waals surface area contributed by atoms with E-state index in [4.69, 9.17) is 26.2 Å². The highest BCUT2D eigenvalue weighted by atomic mass is 35.5. The van der Waals surface area contributed by atoms with Crippen LogP contribution in [0.1, 0.15) is 18.4 Å². The molecule has 35 heavy (non-hydrogen) atoms. The Morgan fingerprint density at radius 3 is 2.97 bits per heavy atom. The minimum Gasteiger partial charge on any atom is -0.454 e. The number of fused-ring (bicyclic) bond motifs is 2. The number of carbonyl (C=O) groups is 1. The molecule has 2 aliphatic heterocycles. The summed E-state index contributed by atoms with van der Waals surface area (Å²) in [5.41, 5.74) is 3.67. The lowest BCUT2D eigenvalue weighted by molar-refractivity contribution is -0.125. The van der Waals surface area contributed by atoms with Crippen LogP contribution >= 0.6 is 11.6 Å². The zero-order chi connectivity index (χ0) is 23.8. The first-order valence-corrected chi connectivity index (χ1v) is 12.0. The van der Waals surface area contributed by atoms with E-state index in [2.05, 4.69) is 15.2 Å². The number of hydrogen-bond donors (Lipinski definition) is 1. The van der Waals surface area contributed by atoms with Crippen LogP contribution in [0.2, 0.25) is 5.02 Å². The van der Waals surface area contributed by atoms with E-state index >= 15 is 0 Å². The molecule has 4 aromatic rings. The molecule has 1 unspecified atom stereocenters. The summed E-state index contributed by atoms with van der Waals surface area (Å²) < 4.78 is 12.6. The topological polar surface area (TPSA) is 81.0 Å². The number of nitrogens with one attached hydrogen (secondary N) is 1. The fourth-order valence-electron chi connectivity index (χ4n) is 4.71. The molecule has 2 aromatic carbocycles. The van der Waals surface area contributed by atoms with E-state index in [-0.39, 0.29) is 18.6 Å². The SMILES string of the molecule is O=C(NCc1ccc2c(c1)OCO2)C1CCCN(c2nccn3nc(-c4cccc(Cl)c4)cc23)C1. The van der Waals surface area contributed by atoms with Gasteiger partial charge in [0.15, 0.2) is 17.3 Å². The van der Waals surface area contributed by atoms with Crippen LogP contribution in [0.15, 0.2) is 60.9 Å². The summed E-state index contributed by atoms with van der Waals surface area (Å²) >= 11 is 6.18. The second-order valence-electron chi connectivity index (χ2n) is 8.81. The molecule has 1 amide bonds. The van der Waals surface area contributed by atoms with Crippen LogP contribution in [0.5, 0.6) is 11.5 Å². The lowest BCUT2D eigenvalue weighted by atomic mass is 9.97. The van der Waals surface area contributed by atoms with E-state index in [1.807, 2.05) is 59.2 Å². The number of hydrogen-bond acceptors (Lipinski definition) is 6. The van der Waals surface area contributed by atoms with Gasteiger partial charge in [-0.05, 0) is 48.7 Å². The van der Waals surface area contributed by atoms with Crippen LogP contribution in [0, 0.1) is 5.92 Å². The minimum absolute atomic E-state index is 0.0486. The maximum atomic E-state index is 13.0. The summed E-state index contributed by atoms with van der Waals surface area (Å²) in [6, 6.07) is 15.4. The van der Waals surface area contributed by atoms with Gasteiger partial charge in [0.05, 0.1) is 11.6 Å². The smallest absolute Gasteiger partial charge is 0.231 e. The van der Waals surface area contributed by atoms with Gasteiger partial charge in [0.1, 0.15) is 5.52 Å². The van der Waals surface area contributed by atoms with Crippen molar-refractivity contribution in [3.8, 4) is 22.8 Å². The van der Waals surface area contributed by atoms with E-state index in [1.54, 1.807) is 6.20 Å². The van der Waals surface area contributed by atoms with Crippen molar-refractivity contribution in [1.29, 1.82) is 0 Å². The van der Waals surface area contributed by atoms with Crippen LogP contribution in [0.4, 0.5) is 5.82 Å². The highest BCUT2D eigenvalue weighted by molar-refractivity contribution is 6.30. The Morgan fingerprint density at radius 2 is 2.06 bits per heavy atom. The Morgan fingerprint density at radius 1 is 1.14 bits per heavy atom. The molecule has 2 aromatic heterocycles. The monoisotopic (exact) mass is 489 g/mol. The number of amides is 1. The highest BCUT2D eigenvalue weighted by Crippen LogP contribution is 2.33. The van der Waals surface area contributed by atoms with Crippen molar-refractivity contribution in [3.05, 3.63) is 71.5 Å². The number of aromatic nitrogens is 3. The fraction of sp³-hybridized carbons (Fsp3) is 0.269. The summed E-state index contributed by atoms with van der Waals surface area (Å²) in [7, 11) is 0. The predicted molar refractivity (Wildman–Crippen MR) is 133 cm³/mol. The molecule has 178 valence electrons. The molecule has 0 saturated carbocycles. The summed E-state index contributed by atoms with van der Waals surface area (Å²) in [6.07, 6.45) is 5.35. The predicted octanol–water partition coefficient (Wildman–Crippen LogP) is 4.31. The number of ether oxygens (including phenoxy) is 2. The number of rotatable bonds is 5. The highest BCUT2D eigenvalue weighted by Gasteiger charge is 2.28. The Kier molecular flexibility index (Phi) is 5.66. The van der Waals surface area contributed by atoms with Gasteiger partial charge in [-0.15, -0.1) is 0 Å². The summed E-state index contributed by atoms with van der Waals surface area (Å²) in [6.45, 7) is 2.14. The normalized spacial score (nSPS) is 17.1. The number of carbonyl (C=O) groups excluding carboxylic acids is 1. The number of nitrogens with zero attached hydrogens (tertiary/aromatic N) is 4. The molecule has 0 spiro atoms. The van der Waals surface area contributed by atoms with Crippen LogP contribution < -0.4 is 19.7 Å². The van der Waals surface area contributed by atoms with E-state index in [0.29, 0.717) is 18.1 Å². The molecule has 1 N–H and O–H groups in total. The number of anilines is 1. The fourth-order valence-corrected chi connectivity index (χ4v) is 4.90. The lowest BCUT2D eigenvalue weighted by Crippen LogP contribution is -2.43. The Bertz CT molecular complexity index is 1410. The summed E-state index contributed by atoms with van der Waals surface area (Å²) in [5, 5.41) is 8.47. The van der Waals surface area contributed by atoms with Crippen LogP contribution in [0.25, 0.3) is 16.8 Å². The quantitative estimate of drug-likeness (QED) is 0.450. The molecule has 1 fully saturated rings. The van der Waals surface area contributed by atoms with E-state index in [9.17, 15) is 4.79 Å². The van der Waals surface area contributed by atoms with Gasteiger partial charge in [-0.2, -0.15) is 5.10 Å². The van der Waals surface area contributed by atoms with Crippen molar-refractivity contribution in [2.45, 2.75) is 19.4 Å². The van der Waals surface area contributed by atoms with Gasteiger partial charge >= 0.3 is 0 Å². The van der Waals surface area contributed by atoms with Crippen LogP contribution in [-0.4, -0.2) is 40.4 Å². The van der Waals surface area contributed by atoms with Crippen molar-refractivity contribution in [2.24, 2.45) is 5.92 Å². The van der Waals surface area contributed by atoms with Gasteiger partial charge in [-0.25, -0.2) is 9.50 Å². The van der Waals surface area contributed by atoms with Crippen LogP contribution in [-0.2, 0) is 11.3 Å². The molecule has 9 heteroatoms. The maximum Gasteiger partial charge on any atom is 0.231 e. The molecule has 4 heterocycles. The second-order valence-corrected chi connectivity index (χ2v) is 9.25. The Hall–Kier alpha value is -3.78. The summed E-state index contributed by atoms with van der Waals surface area (Å²) in [4.78, 5) is 19.9. The van der Waals surface area contributed by atoms with Gasteiger partial charge in [0.2, 0.25) is 12.7 Å². The first-order chi connectivity index (χ1) is 17.1. The molecule has 1 atom stereocenters. The average Bonchev–Trinajstić information content (AvgIpc) is 3.54. The molecule has 2 aliphatic rings. The molecule has 8 nitrogen and oxygen atoms in total. The van der Waals surface area contributed by atoms with Crippen molar-refractivity contribution in [1.82, 2.24) is 19.9 Å². The zero-order valence-electron chi connectivity index (χ0n) is 19.0. The first-order valence-electron chi connectivity index (χ1n) is 11.7. The van der Waals surface area contributed by atoms with Crippen molar-refractivity contribution in [2.75, 3.05) is 24.8 Å². The number of halogens is 1. The minimum atomic E-state index is -0.116. The lowest BCUT2D eigenvalue weighted by Gasteiger charge is -2.33. The molecule has 0 aliphatic carbocycles. The molecular formula is C26H24ClN5O3. The molecule has 6 rings (SSSR count). The van der Waals surface area contributed by atoms with Crippen molar-refractivity contribution in [3.63, 3.8) is 0 Å². The van der Waals surface area contributed by atoms with Crippen molar-refractivity contribution < 1.29 is 14.3 Å². The van der Waals surface area contributed by atoms with Gasteiger partial charge < -0.3 is 19.7 Å². The molecule has 0 bridgehead atoms. The number of piperidine rings is 1. The van der Waals surface area contributed by atoms with Crippen LogP contribution in [0.3, 0.4) is 0 Å².